The highest BCUT2D eigenvalue weighted by Crippen LogP contribution is 2.19. The number of halogens is 1. The van der Waals surface area contributed by atoms with Gasteiger partial charge in [-0.25, -0.2) is 9.37 Å². The molecule has 1 atom stereocenters. The molecule has 0 aliphatic carbocycles. The van der Waals surface area contributed by atoms with Gasteiger partial charge < -0.3 is 10.3 Å². The molecule has 1 aromatic carbocycles. The molecular weight excluding hydrogens is 229 g/mol. The Hall–Kier alpha value is -1.68. The molecule has 0 spiro atoms. The number of imidazole rings is 1. The van der Waals surface area contributed by atoms with Crippen molar-refractivity contribution in [1.29, 1.82) is 0 Å². The number of aromatic nitrogens is 2. The van der Waals surface area contributed by atoms with Crippen LogP contribution >= 0.6 is 0 Å². The standard InChI is InChI=1S/C14H18FN3/c1-3-18-7-6-17-14(18)9-13(16)11-5-4-10(2)8-12(11)15/h4-8,13H,3,9,16H2,1-2H3. The molecule has 0 amide bonds. The van der Waals surface area contributed by atoms with E-state index in [1.807, 2.05) is 30.7 Å². The third-order valence-electron chi connectivity index (χ3n) is 3.10. The van der Waals surface area contributed by atoms with Crippen molar-refractivity contribution in [3.05, 3.63) is 53.4 Å². The molecule has 96 valence electrons. The minimum absolute atomic E-state index is 0.239. The second-order valence-corrected chi connectivity index (χ2v) is 4.47. The second-order valence-electron chi connectivity index (χ2n) is 4.47. The third-order valence-corrected chi connectivity index (χ3v) is 3.10. The molecule has 0 saturated heterocycles. The van der Waals surface area contributed by atoms with Crippen LogP contribution in [0.2, 0.25) is 0 Å². The minimum Gasteiger partial charge on any atom is -0.335 e. The zero-order valence-corrected chi connectivity index (χ0v) is 10.7. The summed E-state index contributed by atoms with van der Waals surface area (Å²) in [6, 6.07) is 4.79. The normalized spacial score (nSPS) is 12.7. The number of hydrogen-bond donors (Lipinski definition) is 1. The molecule has 0 aliphatic rings. The number of hydrogen-bond acceptors (Lipinski definition) is 2. The van der Waals surface area contributed by atoms with Gasteiger partial charge in [0.25, 0.3) is 0 Å². The largest absolute Gasteiger partial charge is 0.335 e. The van der Waals surface area contributed by atoms with E-state index in [1.54, 1.807) is 12.3 Å². The Balaban J connectivity index is 2.19. The molecule has 1 aromatic heterocycles. The lowest BCUT2D eigenvalue weighted by molar-refractivity contribution is 0.564. The molecule has 0 aliphatic heterocycles. The molecule has 18 heavy (non-hydrogen) atoms. The Labute approximate surface area is 106 Å². The van der Waals surface area contributed by atoms with Crippen LogP contribution in [-0.4, -0.2) is 9.55 Å². The van der Waals surface area contributed by atoms with Crippen LogP contribution in [-0.2, 0) is 13.0 Å². The van der Waals surface area contributed by atoms with Gasteiger partial charge in [-0.3, -0.25) is 0 Å². The molecule has 2 rings (SSSR count). The molecule has 3 nitrogen and oxygen atoms in total. The van der Waals surface area contributed by atoms with Crippen molar-refractivity contribution in [2.24, 2.45) is 5.73 Å². The average molecular weight is 247 g/mol. The topological polar surface area (TPSA) is 43.8 Å². The van der Waals surface area contributed by atoms with Gasteiger partial charge in [-0.2, -0.15) is 0 Å². The number of rotatable bonds is 4. The maximum absolute atomic E-state index is 13.8. The van der Waals surface area contributed by atoms with E-state index in [2.05, 4.69) is 4.98 Å². The lowest BCUT2D eigenvalue weighted by Crippen LogP contribution is -2.17. The summed E-state index contributed by atoms with van der Waals surface area (Å²) in [6.45, 7) is 4.75. The first-order valence-corrected chi connectivity index (χ1v) is 6.13. The first-order chi connectivity index (χ1) is 8.61. The Morgan fingerprint density at radius 1 is 1.44 bits per heavy atom. The highest BCUT2D eigenvalue weighted by molar-refractivity contribution is 5.26. The zero-order chi connectivity index (χ0) is 13.1. The van der Waals surface area contributed by atoms with E-state index >= 15 is 0 Å². The Morgan fingerprint density at radius 3 is 2.89 bits per heavy atom. The van der Waals surface area contributed by atoms with Crippen molar-refractivity contribution in [1.82, 2.24) is 9.55 Å². The number of benzene rings is 1. The van der Waals surface area contributed by atoms with E-state index < -0.39 is 0 Å². The molecular formula is C14H18FN3. The molecule has 2 N–H and O–H groups in total. The van der Waals surface area contributed by atoms with Crippen molar-refractivity contribution in [2.45, 2.75) is 32.9 Å². The summed E-state index contributed by atoms with van der Waals surface area (Å²) in [7, 11) is 0. The molecule has 0 saturated carbocycles. The first-order valence-electron chi connectivity index (χ1n) is 6.13. The van der Waals surface area contributed by atoms with E-state index in [-0.39, 0.29) is 11.9 Å². The fraction of sp³-hybridized carbons (Fsp3) is 0.357. The van der Waals surface area contributed by atoms with Crippen LogP contribution in [0.1, 0.15) is 29.9 Å². The van der Waals surface area contributed by atoms with Gasteiger partial charge in [-0.05, 0) is 25.5 Å². The van der Waals surface area contributed by atoms with Crippen molar-refractivity contribution in [2.75, 3.05) is 0 Å². The van der Waals surface area contributed by atoms with Gasteiger partial charge in [0.2, 0.25) is 0 Å². The summed E-state index contributed by atoms with van der Waals surface area (Å²) >= 11 is 0. The van der Waals surface area contributed by atoms with E-state index in [0.717, 1.165) is 17.9 Å². The maximum Gasteiger partial charge on any atom is 0.128 e. The quantitative estimate of drug-likeness (QED) is 0.902. The second kappa shape index (κ2) is 5.31. The molecule has 0 fully saturated rings. The fourth-order valence-corrected chi connectivity index (χ4v) is 2.06. The van der Waals surface area contributed by atoms with Crippen LogP contribution < -0.4 is 5.73 Å². The van der Waals surface area contributed by atoms with Crippen LogP contribution in [0.15, 0.2) is 30.6 Å². The van der Waals surface area contributed by atoms with Crippen LogP contribution in [0.25, 0.3) is 0 Å². The van der Waals surface area contributed by atoms with Gasteiger partial charge in [0.05, 0.1) is 0 Å². The van der Waals surface area contributed by atoms with Crippen LogP contribution in [0.4, 0.5) is 4.39 Å². The Kier molecular flexibility index (Phi) is 3.77. The molecule has 2 aromatic rings. The lowest BCUT2D eigenvalue weighted by atomic mass is 10.0. The number of nitrogens with two attached hydrogens (primary N) is 1. The van der Waals surface area contributed by atoms with Gasteiger partial charge in [-0.15, -0.1) is 0 Å². The van der Waals surface area contributed by atoms with Crippen LogP contribution in [0.3, 0.4) is 0 Å². The summed E-state index contributed by atoms with van der Waals surface area (Å²) < 4.78 is 15.8. The fourth-order valence-electron chi connectivity index (χ4n) is 2.06. The molecule has 0 radical (unpaired) electrons. The van der Waals surface area contributed by atoms with Crippen molar-refractivity contribution < 1.29 is 4.39 Å². The Morgan fingerprint density at radius 2 is 2.22 bits per heavy atom. The first kappa shape index (κ1) is 12.8. The van der Waals surface area contributed by atoms with Crippen LogP contribution in [0, 0.1) is 12.7 Å². The predicted molar refractivity (Wildman–Crippen MR) is 69.7 cm³/mol. The smallest absolute Gasteiger partial charge is 0.128 e. The van der Waals surface area contributed by atoms with E-state index in [0.29, 0.717) is 12.0 Å². The van der Waals surface area contributed by atoms with Gasteiger partial charge in [0, 0.05) is 37.0 Å². The van der Waals surface area contributed by atoms with Crippen molar-refractivity contribution in [3.8, 4) is 0 Å². The van der Waals surface area contributed by atoms with Crippen molar-refractivity contribution in [3.63, 3.8) is 0 Å². The summed E-state index contributed by atoms with van der Waals surface area (Å²) in [5.41, 5.74) is 7.52. The molecule has 1 unspecified atom stereocenters. The summed E-state index contributed by atoms with van der Waals surface area (Å²) in [5.74, 6) is 0.655. The molecule has 1 heterocycles. The van der Waals surface area contributed by atoms with E-state index in [4.69, 9.17) is 5.73 Å². The summed E-state index contributed by atoms with van der Waals surface area (Å²) in [4.78, 5) is 4.26. The third kappa shape index (κ3) is 2.59. The summed E-state index contributed by atoms with van der Waals surface area (Å²) in [6.07, 6.45) is 4.20. The van der Waals surface area contributed by atoms with E-state index in [9.17, 15) is 4.39 Å². The molecule has 0 bridgehead atoms. The molecule has 4 heteroatoms. The monoisotopic (exact) mass is 247 g/mol. The highest BCUT2D eigenvalue weighted by atomic mass is 19.1. The Bertz CT molecular complexity index is 534. The van der Waals surface area contributed by atoms with Crippen molar-refractivity contribution >= 4 is 0 Å². The predicted octanol–water partition coefficient (Wildman–Crippen LogP) is 2.59. The number of aryl methyl sites for hydroxylation is 2. The lowest BCUT2D eigenvalue weighted by Gasteiger charge is -2.14. The van der Waals surface area contributed by atoms with Gasteiger partial charge in [0.15, 0.2) is 0 Å². The average Bonchev–Trinajstić information content (AvgIpc) is 2.76. The van der Waals surface area contributed by atoms with E-state index in [1.165, 1.54) is 6.07 Å². The van der Waals surface area contributed by atoms with Crippen LogP contribution in [0.5, 0.6) is 0 Å². The van der Waals surface area contributed by atoms with Gasteiger partial charge >= 0.3 is 0 Å². The summed E-state index contributed by atoms with van der Waals surface area (Å²) in [5, 5.41) is 0. The zero-order valence-electron chi connectivity index (χ0n) is 10.7. The van der Waals surface area contributed by atoms with Gasteiger partial charge in [0.1, 0.15) is 11.6 Å². The maximum atomic E-state index is 13.8. The minimum atomic E-state index is -0.363. The van der Waals surface area contributed by atoms with Gasteiger partial charge in [-0.1, -0.05) is 12.1 Å². The SMILES string of the molecule is CCn1ccnc1CC(N)c1ccc(C)cc1F. The number of nitrogens with zero attached hydrogens (tertiary/aromatic N) is 2. The highest BCUT2D eigenvalue weighted by Gasteiger charge is 2.14.